The first-order valence-electron chi connectivity index (χ1n) is 4.78. The van der Waals surface area contributed by atoms with Gasteiger partial charge in [0.2, 0.25) is 0 Å². The fourth-order valence-electron chi connectivity index (χ4n) is 1.56. The summed E-state index contributed by atoms with van der Waals surface area (Å²) in [5.41, 5.74) is 0. The normalized spacial score (nSPS) is 10.1. The van der Waals surface area contributed by atoms with Gasteiger partial charge in [0.25, 0.3) is 0 Å². The lowest BCUT2D eigenvalue weighted by Gasteiger charge is -2.26. The first-order valence-corrected chi connectivity index (χ1v) is 6.00. The summed E-state index contributed by atoms with van der Waals surface area (Å²) in [4.78, 5) is 2.44. The van der Waals surface area contributed by atoms with Crippen LogP contribution in [0, 0.1) is 0 Å². The molecular formula is C10H23IN2S. The summed E-state index contributed by atoms with van der Waals surface area (Å²) in [5, 5.41) is 1.34. The lowest BCUT2D eigenvalue weighted by Crippen LogP contribution is -3.00. The summed E-state index contributed by atoms with van der Waals surface area (Å²) < 4.78 is 2.19. The molecule has 0 saturated heterocycles. The number of hydrogen-bond acceptors (Lipinski definition) is 1. The molecule has 0 heterocycles. The van der Waals surface area contributed by atoms with Gasteiger partial charge < -0.3 is 24.0 Å². The van der Waals surface area contributed by atoms with Crippen molar-refractivity contribution in [2.75, 3.05) is 20.4 Å². The van der Waals surface area contributed by atoms with E-state index in [0.29, 0.717) is 12.1 Å². The molecule has 0 aliphatic carbocycles. The van der Waals surface area contributed by atoms with Crippen LogP contribution in [0.3, 0.4) is 0 Å². The van der Waals surface area contributed by atoms with Crippen LogP contribution >= 0.6 is 11.8 Å². The van der Waals surface area contributed by atoms with E-state index in [4.69, 9.17) is 0 Å². The second-order valence-corrected chi connectivity index (χ2v) is 4.75. The van der Waals surface area contributed by atoms with Crippen LogP contribution in [0.15, 0.2) is 0 Å². The lowest BCUT2D eigenvalue weighted by molar-refractivity contribution is -0.467. The fraction of sp³-hybridized carbons (Fsp3) is 0.900. The number of hydrogen-bond donors (Lipinski definition) is 0. The Bertz CT molecular complexity index is 179. The van der Waals surface area contributed by atoms with E-state index < -0.39 is 0 Å². The highest BCUT2D eigenvalue weighted by atomic mass is 127. The molecule has 0 aromatic rings. The maximum absolute atomic E-state index is 2.44. The minimum atomic E-state index is 0. The van der Waals surface area contributed by atoms with Crippen LogP contribution in [0.25, 0.3) is 0 Å². The molecule has 0 atom stereocenters. The van der Waals surface area contributed by atoms with Gasteiger partial charge in [-0.25, -0.2) is 0 Å². The predicted molar refractivity (Wildman–Crippen MR) is 62.7 cm³/mol. The molecule has 0 bridgehead atoms. The van der Waals surface area contributed by atoms with Crippen LogP contribution in [0.4, 0.5) is 0 Å². The largest absolute Gasteiger partial charge is 1.00 e. The summed E-state index contributed by atoms with van der Waals surface area (Å²) >= 11 is 1.81. The second-order valence-electron chi connectivity index (χ2n) is 3.98. The maximum Gasteiger partial charge on any atom is 0.308 e. The average Bonchev–Trinajstić information content (AvgIpc) is 1.97. The molecule has 0 fully saturated rings. The number of nitrogens with zero attached hydrogens (tertiary/aromatic N) is 2. The third-order valence-corrected chi connectivity index (χ3v) is 2.84. The molecule has 0 rings (SSSR count). The van der Waals surface area contributed by atoms with Gasteiger partial charge in [0.15, 0.2) is 0 Å². The Morgan fingerprint density at radius 3 is 1.50 bits per heavy atom. The molecule has 86 valence electrons. The van der Waals surface area contributed by atoms with Gasteiger partial charge in [0.1, 0.15) is 0 Å². The van der Waals surface area contributed by atoms with E-state index in [2.05, 4.69) is 57.5 Å². The molecule has 0 aliphatic rings. The van der Waals surface area contributed by atoms with Gasteiger partial charge in [0.05, 0.1) is 26.2 Å². The third-order valence-electron chi connectivity index (χ3n) is 1.90. The van der Waals surface area contributed by atoms with Crippen molar-refractivity contribution in [2.24, 2.45) is 0 Å². The highest BCUT2D eigenvalue weighted by Gasteiger charge is 2.25. The lowest BCUT2D eigenvalue weighted by atomic mass is 10.2. The summed E-state index contributed by atoms with van der Waals surface area (Å²) in [6.07, 6.45) is 2.13. The maximum atomic E-state index is 2.44. The molecule has 0 aliphatic heterocycles. The Balaban J connectivity index is 0. The fourth-order valence-corrected chi connectivity index (χ4v) is 2.55. The van der Waals surface area contributed by atoms with Gasteiger partial charge in [-0.3, -0.25) is 9.48 Å². The first-order chi connectivity index (χ1) is 5.91. The molecule has 0 spiro atoms. The molecule has 0 radical (unpaired) electrons. The highest BCUT2D eigenvalue weighted by molar-refractivity contribution is 8.12. The van der Waals surface area contributed by atoms with Crippen molar-refractivity contribution in [3.05, 3.63) is 0 Å². The van der Waals surface area contributed by atoms with Gasteiger partial charge in [-0.05, 0) is 45.7 Å². The third kappa shape index (κ3) is 4.87. The summed E-state index contributed by atoms with van der Waals surface area (Å²) in [7, 11) is 4.20. The van der Waals surface area contributed by atoms with Crippen LogP contribution in [0.2, 0.25) is 0 Å². The van der Waals surface area contributed by atoms with E-state index in [1.54, 1.807) is 0 Å². The smallest absolute Gasteiger partial charge is 0.308 e. The van der Waals surface area contributed by atoms with Crippen LogP contribution < -0.4 is 24.0 Å². The van der Waals surface area contributed by atoms with Crippen molar-refractivity contribution < 1.29 is 28.6 Å². The molecule has 0 unspecified atom stereocenters. The van der Waals surface area contributed by atoms with Gasteiger partial charge in [-0.15, -0.1) is 0 Å². The van der Waals surface area contributed by atoms with Crippen molar-refractivity contribution in [3.8, 4) is 0 Å². The van der Waals surface area contributed by atoms with E-state index in [0.717, 1.165) is 0 Å². The monoisotopic (exact) mass is 330 g/mol. The number of amidine groups is 1. The van der Waals surface area contributed by atoms with Crippen molar-refractivity contribution in [2.45, 2.75) is 39.8 Å². The summed E-state index contributed by atoms with van der Waals surface area (Å²) in [5.74, 6) is 0. The molecule has 4 heteroatoms. The second kappa shape index (κ2) is 7.79. The van der Waals surface area contributed by atoms with Gasteiger partial charge in [-0.1, -0.05) is 0 Å². The van der Waals surface area contributed by atoms with E-state index in [9.17, 15) is 0 Å². The molecule has 0 N–H and O–H groups in total. The number of halogens is 1. The SMILES string of the molecule is CSC(N(C(C)C)C(C)C)=[N+](C)C.[I-]. The molecule has 2 nitrogen and oxygen atoms in total. The zero-order valence-corrected chi connectivity index (χ0v) is 13.3. The molecule has 0 amide bonds. The van der Waals surface area contributed by atoms with Crippen LogP contribution in [-0.2, 0) is 0 Å². The summed E-state index contributed by atoms with van der Waals surface area (Å²) in [6.45, 7) is 8.94. The quantitative estimate of drug-likeness (QED) is 0.280. The van der Waals surface area contributed by atoms with Gasteiger partial charge >= 0.3 is 5.17 Å². The Hall–Kier alpha value is 0.550. The van der Waals surface area contributed by atoms with E-state index in [-0.39, 0.29) is 24.0 Å². The minimum absolute atomic E-state index is 0. The van der Waals surface area contributed by atoms with Crippen molar-refractivity contribution in [1.29, 1.82) is 0 Å². The molecule has 0 aromatic carbocycles. The standard InChI is InChI=1S/C10H23N2S.HI/c1-8(2)12(9(3)4)10(13-7)11(5)6;/h8-9H,1-7H3;1H/q+1;/p-1. The van der Waals surface area contributed by atoms with E-state index in [1.165, 1.54) is 5.17 Å². The van der Waals surface area contributed by atoms with Crippen LogP contribution in [-0.4, -0.2) is 47.1 Å². The van der Waals surface area contributed by atoms with Gasteiger partial charge in [-0.2, -0.15) is 0 Å². The Morgan fingerprint density at radius 2 is 1.43 bits per heavy atom. The Morgan fingerprint density at radius 1 is 1.07 bits per heavy atom. The molecule has 0 aromatic heterocycles. The van der Waals surface area contributed by atoms with Crippen molar-refractivity contribution in [1.82, 2.24) is 4.90 Å². The number of rotatable bonds is 2. The molecule has 14 heavy (non-hydrogen) atoms. The number of thioether (sulfide) groups is 1. The highest BCUT2D eigenvalue weighted by Crippen LogP contribution is 2.12. The predicted octanol–water partition coefficient (Wildman–Crippen LogP) is -0.900. The summed E-state index contributed by atoms with van der Waals surface area (Å²) in [6, 6.07) is 1.12. The van der Waals surface area contributed by atoms with Crippen molar-refractivity contribution in [3.63, 3.8) is 0 Å². The molecule has 0 saturated carbocycles. The molecular weight excluding hydrogens is 307 g/mol. The van der Waals surface area contributed by atoms with Gasteiger partial charge in [0, 0.05) is 0 Å². The minimum Gasteiger partial charge on any atom is -1.00 e. The first kappa shape index (κ1) is 17.0. The van der Waals surface area contributed by atoms with E-state index in [1.807, 2.05) is 11.8 Å². The van der Waals surface area contributed by atoms with Crippen LogP contribution in [0.5, 0.6) is 0 Å². The van der Waals surface area contributed by atoms with Crippen LogP contribution in [0.1, 0.15) is 27.7 Å². The Kier molecular flexibility index (Phi) is 9.44. The van der Waals surface area contributed by atoms with Crippen molar-refractivity contribution >= 4 is 16.9 Å². The average molecular weight is 330 g/mol. The Labute approximate surface area is 110 Å². The van der Waals surface area contributed by atoms with E-state index >= 15 is 0 Å². The zero-order chi connectivity index (χ0) is 10.6. The zero-order valence-electron chi connectivity index (χ0n) is 10.3. The topological polar surface area (TPSA) is 6.25 Å².